The summed E-state index contributed by atoms with van der Waals surface area (Å²) in [5.41, 5.74) is 7.41. The summed E-state index contributed by atoms with van der Waals surface area (Å²) in [5, 5.41) is 3.18. The molecule has 17 heavy (non-hydrogen) atoms. The highest BCUT2D eigenvalue weighted by Crippen LogP contribution is 2.16. The van der Waals surface area contributed by atoms with E-state index in [9.17, 15) is 0 Å². The van der Waals surface area contributed by atoms with E-state index < -0.39 is 0 Å². The maximum atomic E-state index is 5.64. The van der Waals surface area contributed by atoms with Gasteiger partial charge in [0.2, 0.25) is 5.95 Å². The monoisotopic (exact) mass is 231 g/mol. The van der Waals surface area contributed by atoms with Gasteiger partial charge in [-0.15, -0.1) is 0 Å². The van der Waals surface area contributed by atoms with Crippen molar-refractivity contribution in [3.05, 3.63) is 30.7 Å². The average Bonchev–Trinajstić information content (AvgIpc) is 2.83. The Hall–Kier alpha value is -1.88. The Labute approximate surface area is 100 Å². The third kappa shape index (κ3) is 2.82. The standard InChI is InChI=1S/C12H17N5/c1-12(2,8-13)17-11-15-6-9(7-16-11)10-4-3-5-14-10/h3-7,14H,8,13H2,1-2H3,(H,15,16,17). The molecule has 0 unspecified atom stereocenters. The van der Waals surface area contributed by atoms with E-state index >= 15 is 0 Å². The molecule has 0 aliphatic rings. The molecule has 0 fully saturated rings. The Morgan fingerprint density at radius 1 is 1.35 bits per heavy atom. The zero-order chi connectivity index (χ0) is 12.3. The summed E-state index contributed by atoms with van der Waals surface area (Å²) in [7, 11) is 0. The third-order valence-corrected chi connectivity index (χ3v) is 2.52. The summed E-state index contributed by atoms with van der Waals surface area (Å²) in [6, 6.07) is 3.93. The van der Waals surface area contributed by atoms with Crippen molar-refractivity contribution in [3.63, 3.8) is 0 Å². The molecule has 4 N–H and O–H groups in total. The van der Waals surface area contributed by atoms with Crippen LogP contribution in [0.3, 0.4) is 0 Å². The number of nitrogens with two attached hydrogens (primary N) is 1. The summed E-state index contributed by atoms with van der Waals surface area (Å²) >= 11 is 0. The van der Waals surface area contributed by atoms with Gasteiger partial charge in [0.15, 0.2) is 0 Å². The summed E-state index contributed by atoms with van der Waals surface area (Å²) in [4.78, 5) is 11.7. The van der Waals surface area contributed by atoms with E-state index in [1.807, 2.05) is 32.2 Å². The first-order valence-corrected chi connectivity index (χ1v) is 5.55. The maximum Gasteiger partial charge on any atom is 0.223 e. The zero-order valence-corrected chi connectivity index (χ0v) is 10.1. The molecule has 2 heterocycles. The van der Waals surface area contributed by atoms with Crippen molar-refractivity contribution in [2.45, 2.75) is 19.4 Å². The Kier molecular flexibility index (Phi) is 3.10. The molecule has 0 saturated heterocycles. The first-order valence-electron chi connectivity index (χ1n) is 5.55. The highest BCUT2D eigenvalue weighted by Gasteiger charge is 2.15. The van der Waals surface area contributed by atoms with Crippen LogP contribution in [0, 0.1) is 0 Å². The van der Waals surface area contributed by atoms with Crippen LogP contribution in [0.1, 0.15) is 13.8 Å². The molecule has 0 amide bonds. The lowest BCUT2D eigenvalue weighted by Gasteiger charge is -2.23. The van der Waals surface area contributed by atoms with Gasteiger partial charge in [-0.2, -0.15) is 0 Å². The van der Waals surface area contributed by atoms with E-state index in [1.165, 1.54) is 0 Å². The summed E-state index contributed by atoms with van der Waals surface area (Å²) < 4.78 is 0. The summed E-state index contributed by atoms with van der Waals surface area (Å²) in [6.07, 6.45) is 5.44. The minimum atomic E-state index is -0.200. The minimum absolute atomic E-state index is 0.200. The Morgan fingerprint density at radius 3 is 2.59 bits per heavy atom. The number of anilines is 1. The fourth-order valence-corrected chi connectivity index (χ4v) is 1.40. The van der Waals surface area contributed by atoms with Crippen molar-refractivity contribution in [2.75, 3.05) is 11.9 Å². The Balaban J connectivity index is 2.14. The topological polar surface area (TPSA) is 79.6 Å². The molecule has 0 radical (unpaired) electrons. The SMILES string of the molecule is CC(C)(CN)Nc1ncc(-c2ccc[nH]2)cn1. The predicted octanol–water partition coefficient (Wildman–Crippen LogP) is 1.62. The minimum Gasteiger partial charge on any atom is -0.361 e. The average molecular weight is 231 g/mol. The molecule has 5 nitrogen and oxygen atoms in total. The van der Waals surface area contributed by atoms with E-state index in [-0.39, 0.29) is 5.54 Å². The number of hydrogen-bond donors (Lipinski definition) is 3. The van der Waals surface area contributed by atoms with Crippen molar-refractivity contribution in [2.24, 2.45) is 5.73 Å². The van der Waals surface area contributed by atoms with Gasteiger partial charge in [-0.1, -0.05) is 0 Å². The smallest absolute Gasteiger partial charge is 0.223 e. The van der Waals surface area contributed by atoms with Gasteiger partial charge in [-0.05, 0) is 26.0 Å². The first-order chi connectivity index (χ1) is 8.11. The van der Waals surface area contributed by atoms with Gasteiger partial charge < -0.3 is 16.0 Å². The van der Waals surface area contributed by atoms with Crippen LogP contribution >= 0.6 is 0 Å². The van der Waals surface area contributed by atoms with E-state index in [0.29, 0.717) is 12.5 Å². The highest BCUT2D eigenvalue weighted by atomic mass is 15.1. The van der Waals surface area contributed by atoms with Gasteiger partial charge >= 0.3 is 0 Å². The molecule has 0 bridgehead atoms. The van der Waals surface area contributed by atoms with E-state index in [0.717, 1.165) is 11.3 Å². The Bertz CT molecular complexity index is 458. The van der Waals surface area contributed by atoms with Crippen LogP contribution in [-0.2, 0) is 0 Å². The van der Waals surface area contributed by atoms with Crippen molar-refractivity contribution >= 4 is 5.95 Å². The van der Waals surface area contributed by atoms with Gasteiger partial charge in [-0.25, -0.2) is 9.97 Å². The van der Waals surface area contributed by atoms with E-state index in [1.54, 1.807) is 12.4 Å². The summed E-state index contributed by atoms with van der Waals surface area (Å²) in [6.45, 7) is 4.54. The molecular formula is C12H17N5. The van der Waals surface area contributed by atoms with Gasteiger partial charge in [-0.3, -0.25) is 0 Å². The van der Waals surface area contributed by atoms with Crippen molar-refractivity contribution < 1.29 is 0 Å². The molecule has 2 rings (SSSR count). The van der Waals surface area contributed by atoms with Crippen molar-refractivity contribution in [1.29, 1.82) is 0 Å². The fraction of sp³-hybridized carbons (Fsp3) is 0.333. The number of aromatic nitrogens is 3. The van der Waals surface area contributed by atoms with Gasteiger partial charge in [0.1, 0.15) is 0 Å². The maximum absolute atomic E-state index is 5.64. The predicted molar refractivity (Wildman–Crippen MR) is 68.6 cm³/mol. The second-order valence-electron chi connectivity index (χ2n) is 4.59. The van der Waals surface area contributed by atoms with Crippen LogP contribution in [-0.4, -0.2) is 27.0 Å². The van der Waals surface area contributed by atoms with Gasteiger partial charge in [0, 0.05) is 41.9 Å². The van der Waals surface area contributed by atoms with Crippen LogP contribution in [0.2, 0.25) is 0 Å². The number of hydrogen-bond acceptors (Lipinski definition) is 4. The molecule has 0 spiro atoms. The first kappa shape index (κ1) is 11.6. The van der Waals surface area contributed by atoms with Crippen LogP contribution in [0.5, 0.6) is 0 Å². The number of rotatable bonds is 4. The molecule has 0 atom stereocenters. The molecular weight excluding hydrogens is 214 g/mol. The lowest BCUT2D eigenvalue weighted by atomic mass is 10.1. The zero-order valence-electron chi connectivity index (χ0n) is 10.1. The molecule has 0 saturated carbocycles. The number of nitrogens with zero attached hydrogens (tertiary/aromatic N) is 2. The normalized spacial score (nSPS) is 11.5. The van der Waals surface area contributed by atoms with Crippen LogP contribution in [0.4, 0.5) is 5.95 Å². The number of nitrogens with one attached hydrogen (secondary N) is 2. The lowest BCUT2D eigenvalue weighted by molar-refractivity contribution is 0.574. The summed E-state index contributed by atoms with van der Waals surface area (Å²) in [5.74, 6) is 0.593. The van der Waals surface area contributed by atoms with Crippen molar-refractivity contribution in [3.8, 4) is 11.3 Å². The molecule has 0 aliphatic carbocycles. The van der Waals surface area contributed by atoms with Crippen molar-refractivity contribution in [1.82, 2.24) is 15.0 Å². The second kappa shape index (κ2) is 4.55. The van der Waals surface area contributed by atoms with E-state index in [2.05, 4.69) is 20.3 Å². The number of aromatic amines is 1. The third-order valence-electron chi connectivity index (χ3n) is 2.52. The van der Waals surface area contributed by atoms with Crippen LogP contribution in [0.25, 0.3) is 11.3 Å². The lowest BCUT2D eigenvalue weighted by Crippen LogP contribution is -2.39. The largest absolute Gasteiger partial charge is 0.361 e. The molecule has 0 aliphatic heterocycles. The van der Waals surface area contributed by atoms with Crippen LogP contribution in [0.15, 0.2) is 30.7 Å². The fourth-order valence-electron chi connectivity index (χ4n) is 1.40. The highest BCUT2D eigenvalue weighted by molar-refractivity contribution is 5.57. The number of H-pyrrole nitrogens is 1. The molecule has 2 aromatic rings. The van der Waals surface area contributed by atoms with Gasteiger partial charge in [0.05, 0.1) is 0 Å². The second-order valence-corrected chi connectivity index (χ2v) is 4.59. The van der Waals surface area contributed by atoms with E-state index in [4.69, 9.17) is 5.73 Å². The van der Waals surface area contributed by atoms with Crippen LogP contribution < -0.4 is 11.1 Å². The Morgan fingerprint density at radius 2 is 2.06 bits per heavy atom. The molecule has 2 aromatic heterocycles. The van der Waals surface area contributed by atoms with Gasteiger partial charge in [0.25, 0.3) is 0 Å². The molecule has 0 aromatic carbocycles. The molecule has 5 heteroatoms. The quantitative estimate of drug-likeness (QED) is 0.747. The molecule has 90 valence electrons.